The molecule has 3 N–H and O–H groups in total. The zero-order valence-electron chi connectivity index (χ0n) is 15.1. The van der Waals surface area contributed by atoms with Gasteiger partial charge in [0.05, 0.1) is 5.02 Å². The number of amides is 3. The van der Waals surface area contributed by atoms with E-state index in [0.29, 0.717) is 17.1 Å². The van der Waals surface area contributed by atoms with E-state index in [1.165, 1.54) is 12.1 Å². The zero-order chi connectivity index (χ0) is 20.6. The van der Waals surface area contributed by atoms with Gasteiger partial charge < -0.3 is 20.7 Å². The minimum absolute atomic E-state index is 0.0875. The third-order valence-corrected chi connectivity index (χ3v) is 3.99. The molecular weight excluding hydrogens is 397 g/mol. The molecule has 0 radical (unpaired) electrons. The van der Waals surface area contributed by atoms with Gasteiger partial charge >= 0.3 is 6.03 Å². The topological polar surface area (TPSA) is 79.5 Å². The second-order valence-electron chi connectivity index (χ2n) is 5.94. The van der Waals surface area contributed by atoms with E-state index >= 15 is 0 Å². The number of ether oxygens (including phenoxy) is 1. The average Bonchev–Trinajstić information content (AvgIpc) is 2.70. The Hall–Kier alpha value is -3.58. The average molecular weight is 414 g/mol. The lowest BCUT2D eigenvalue weighted by Crippen LogP contribution is -2.21. The highest BCUT2D eigenvalue weighted by atomic mass is 35.5. The van der Waals surface area contributed by atoms with Crippen molar-refractivity contribution in [1.29, 1.82) is 0 Å². The molecule has 0 spiro atoms. The Morgan fingerprint density at radius 2 is 1.48 bits per heavy atom. The van der Waals surface area contributed by atoms with Gasteiger partial charge in [-0.25, -0.2) is 9.18 Å². The van der Waals surface area contributed by atoms with Crippen LogP contribution in [-0.4, -0.2) is 18.5 Å². The van der Waals surface area contributed by atoms with Gasteiger partial charge in [0, 0.05) is 23.1 Å². The van der Waals surface area contributed by atoms with Crippen molar-refractivity contribution < 1.29 is 18.7 Å². The van der Waals surface area contributed by atoms with Crippen molar-refractivity contribution >= 4 is 40.6 Å². The highest BCUT2D eigenvalue weighted by Crippen LogP contribution is 2.21. The van der Waals surface area contributed by atoms with Crippen LogP contribution in [0.15, 0.2) is 72.8 Å². The van der Waals surface area contributed by atoms with E-state index in [9.17, 15) is 14.0 Å². The van der Waals surface area contributed by atoms with Crippen LogP contribution in [0.2, 0.25) is 5.02 Å². The van der Waals surface area contributed by atoms with Gasteiger partial charge in [-0.2, -0.15) is 0 Å². The molecular formula is C21H17ClFN3O3. The number of carbonyl (C=O) groups excluding carboxylic acids is 2. The molecule has 0 saturated carbocycles. The SMILES string of the molecule is O=C(COc1ccc(F)c(Cl)c1)Nc1cccc(NC(=O)Nc2ccccc2)c1. The van der Waals surface area contributed by atoms with Crippen molar-refractivity contribution in [3.05, 3.63) is 83.6 Å². The molecule has 0 aromatic heterocycles. The Bertz CT molecular complexity index is 1020. The van der Waals surface area contributed by atoms with Crippen LogP contribution in [-0.2, 0) is 4.79 Å². The van der Waals surface area contributed by atoms with Crippen molar-refractivity contribution in [3.63, 3.8) is 0 Å². The minimum Gasteiger partial charge on any atom is -0.484 e. The number of benzene rings is 3. The summed E-state index contributed by atoms with van der Waals surface area (Å²) in [6, 6.07) is 19.1. The molecule has 29 heavy (non-hydrogen) atoms. The zero-order valence-corrected chi connectivity index (χ0v) is 15.9. The van der Waals surface area contributed by atoms with Crippen molar-refractivity contribution in [2.75, 3.05) is 22.6 Å². The molecule has 3 rings (SSSR count). The van der Waals surface area contributed by atoms with Crippen molar-refractivity contribution in [1.82, 2.24) is 0 Å². The van der Waals surface area contributed by atoms with Gasteiger partial charge in [-0.15, -0.1) is 0 Å². The molecule has 6 nitrogen and oxygen atoms in total. The van der Waals surface area contributed by atoms with Crippen LogP contribution in [0.3, 0.4) is 0 Å². The molecule has 148 valence electrons. The Morgan fingerprint density at radius 1 is 0.828 bits per heavy atom. The van der Waals surface area contributed by atoms with Crippen LogP contribution in [0.1, 0.15) is 0 Å². The van der Waals surface area contributed by atoms with Crippen LogP contribution < -0.4 is 20.7 Å². The third kappa shape index (κ3) is 6.22. The second kappa shape index (κ2) is 9.57. The summed E-state index contributed by atoms with van der Waals surface area (Å²) in [6.45, 7) is -0.284. The van der Waals surface area contributed by atoms with E-state index in [2.05, 4.69) is 16.0 Å². The Balaban J connectivity index is 1.52. The van der Waals surface area contributed by atoms with E-state index in [1.807, 2.05) is 18.2 Å². The fourth-order valence-corrected chi connectivity index (χ4v) is 2.57. The van der Waals surface area contributed by atoms with E-state index in [4.69, 9.17) is 16.3 Å². The summed E-state index contributed by atoms with van der Waals surface area (Å²) in [5, 5.41) is 7.96. The van der Waals surface area contributed by atoms with Gasteiger partial charge in [0.25, 0.3) is 5.91 Å². The number of anilines is 3. The summed E-state index contributed by atoms with van der Waals surface area (Å²) in [5.74, 6) is -0.708. The van der Waals surface area contributed by atoms with Crippen LogP contribution in [0.5, 0.6) is 5.75 Å². The number of rotatable bonds is 6. The van der Waals surface area contributed by atoms with E-state index in [-0.39, 0.29) is 17.4 Å². The maximum absolute atomic E-state index is 13.1. The van der Waals surface area contributed by atoms with Crippen LogP contribution in [0, 0.1) is 5.82 Å². The Labute approximate surface area is 171 Å². The molecule has 0 fully saturated rings. The number of nitrogens with one attached hydrogen (secondary N) is 3. The van der Waals surface area contributed by atoms with Gasteiger partial charge in [-0.1, -0.05) is 35.9 Å². The number of carbonyl (C=O) groups is 2. The summed E-state index contributed by atoms with van der Waals surface area (Å²) in [7, 11) is 0. The normalized spacial score (nSPS) is 10.1. The van der Waals surface area contributed by atoms with Gasteiger partial charge in [-0.05, 0) is 42.5 Å². The maximum Gasteiger partial charge on any atom is 0.323 e. The van der Waals surface area contributed by atoms with Crippen LogP contribution in [0.25, 0.3) is 0 Å². The molecule has 3 amide bonds. The smallest absolute Gasteiger partial charge is 0.323 e. The minimum atomic E-state index is -0.566. The number of hydrogen-bond acceptors (Lipinski definition) is 3. The van der Waals surface area contributed by atoms with E-state index < -0.39 is 17.8 Å². The summed E-state index contributed by atoms with van der Waals surface area (Å²) >= 11 is 5.67. The number of para-hydroxylation sites is 1. The first-order valence-electron chi connectivity index (χ1n) is 8.60. The molecule has 0 bridgehead atoms. The Morgan fingerprint density at radius 3 is 2.21 bits per heavy atom. The molecule has 0 aliphatic heterocycles. The summed E-state index contributed by atoms with van der Waals surface area (Å²) in [6.07, 6.45) is 0. The quantitative estimate of drug-likeness (QED) is 0.523. The second-order valence-corrected chi connectivity index (χ2v) is 6.35. The number of halogens is 2. The lowest BCUT2D eigenvalue weighted by molar-refractivity contribution is -0.118. The van der Waals surface area contributed by atoms with E-state index in [1.54, 1.807) is 36.4 Å². The molecule has 0 aliphatic carbocycles. The lowest BCUT2D eigenvalue weighted by Gasteiger charge is -2.11. The van der Waals surface area contributed by atoms with Crippen molar-refractivity contribution in [3.8, 4) is 5.75 Å². The van der Waals surface area contributed by atoms with E-state index in [0.717, 1.165) is 6.07 Å². The first kappa shape index (κ1) is 20.2. The predicted molar refractivity (Wildman–Crippen MR) is 111 cm³/mol. The van der Waals surface area contributed by atoms with Gasteiger partial charge in [0.1, 0.15) is 11.6 Å². The van der Waals surface area contributed by atoms with Gasteiger partial charge in [0.2, 0.25) is 0 Å². The maximum atomic E-state index is 13.1. The molecule has 8 heteroatoms. The van der Waals surface area contributed by atoms with Crippen LogP contribution >= 0.6 is 11.6 Å². The monoisotopic (exact) mass is 413 g/mol. The van der Waals surface area contributed by atoms with Crippen molar-refractivity contribution in [2.45, 2.75) is 0 Å². The number of urea groups is 1. The Kier molecular flexibility index (Phi) is 6.65. The molecule has 0 saturated heterocycles. The molecule has 3 aromatic rings. The van der Waals surface area contributed by atoms with Gasteiger partial charge in [-0.3, -0.25) is 4.79 Å². The standard InChI is InChI=1S/C21H17ClFN3O3/c22-18-12-17(9-10-19(18)23)29-13-20(27)24-15-7-4-8-16(11-15)26-21(28)25-14-5-2-1-3-6-14/h1-12H,13H2,(H,24,27)(H2,25,26,28). The largest absolute Gasteiger partial charge is 0.484 e. The molecule has 3 aromatic carbocycles. The number of hydrogen-bond donors (Lipinski definition) is 3. The van der Waals surface area contributed by atoms with Crippen LogP contribution in [0.4, 0.5) is 26.2 Å². The fourth-order valence-electron chi connectivity index (χ4n) is 2.40. The third-order valence-electron chi connectivity index (χ3n) is 3.70. The molecule has 0 aliphatic rings. The first-order valence-corrected chi connectivity index (χ1v) is 8.98. The summed E-state index contributed by atoms with van der Waals surface area (Å²) in [5.41, 5.74) is 1.64. The molecule has 0 atom stereocenters. The predicted octanol–water partition coefficient (Wildman–Crippen LogP) is 5.14. The fraction of sp³-hybridized carbons (Fsp3) is 0.0476. The summed E-state index contributed by atoms with van der Waals surface area (Å²) < 4.78 is 18.4. The first-order chi connectivity index (χ1) is 14.0. The van der Waals surface area contributed by atoms with Gasteiger partial charge in [0.15, 0.2) is 6.61 Å². The molecule has 0 unspecified atom stereocenters. The lowest BCUT2D eigenvalue weighted by atomic mass is 10.2. The highest BCUT2D eigenvalue weighted by Gasteiger charge is 2.08. The summed E-state index contributed by atoms with van der Waals surface area (Å²) in [4.78, 5) is 24.1. The molecule has 0 heterocycles. The highest BCUT2D eigenvalue weighted by molar-refractivity contribution is 6.30. The van der Waals surface area contributed by atoms with Crippen molar-refractivity contribution in [2.24, 2.45) is 0 Å².